The van der Waals surface area contributed by atoms with Gasteiger partial charge in [0.05, 0.1) is 19.1 Å². The number of methoxy groups -OCH3 is 1. The van der Waals surface area contributed by atoms with Crippen LogP contribution in [0, 0.1) is 5.41 Å². The molecule has 1 aromatic rings. The van der Waals surface area contributed by atoms with Gasteiger partial charge in [-0.05, 0) is 29.1 Å². The quantitative estimate of drug-likeness (QED) is 0.518. The number of carbonyl (C=O) groups is 1. The molecule has 0 heterocycles. The lowest BCUT2D eigenvalue weighted by atomic mass is 9.70. The summed E-state index contributed by atoms with van der Waals surface area (Å²) in [5.74, 6) is -0.243. The van der Waals surface area contributed by atoms with E-state index < -0.39 is 13.9 Å². The SMILES string of the molecule is COC(=O)CC(O[Si](C)(C)C(C)(C)C)(c1ccccc1)C(C)(C)C. The summed E-state index contributed by atoms with van der Waals surface area (Å²) in [6.07, 6.45) is 0.212. The number of ether oxygens (including phenoxy) is 1. The summed E-state index contributed by atoms with van der Waals surface area (Å²) >= 11 is 0. The van der Waals surface area contributed by atoms with Gasteiger partial charge in [-0.1, -0.05) is 71.9 Å². The standard InChI is InChI=1S/C20H34O3Si/c1-18(2,3)20(15-17(21)22-7,16-13-11-10-12-14-16)23-24(8,9)19(4,5)6/h10-14H,15H2,1-9H3. The molecule has 0 fully saturated rings. The van der Waals surface area contributed by atoms with Crippen molar-refractivity contribution in [3.05, 3.63) is 35.9 Å². The third-order valence-corrected chi connectivity index (χ3v) is 9.78. The zero-order chi connectivity index (χ0) is 18.8. The van der Waals surface area contributed by atoms with Gasteiger partial charge in [-0.3, -0.25) is 4.79 Å². The first kappa shape index (κ1) is 20.9. The van der Waals surface area contributed by atoms with Crippen LogP contribution < -0.4 is 0 Å². The molecule has 0 bridgehead atoms. The molecule has 1 rings (SSSR count). The molecule has 0 aliphatic rings. The zero-order valence-electron chi connectivity index (χ0n) is 16.8. The van der Waals surface area contributed by atoms with Gasteiger partial charge in [0.2, 0.25) is 0 Å². The number of rotatable bonds is 5. The predicted molar refractivity (Wildman–Crippen MR) is 102 cm³/mol. The monoisotopic (exact) mass is 350 g/mol. The maximum atomic E-state index is 12.3. The van der Waals surface area contributed by atoms with Crippen molar-refractivity contribution >= 4 is 14.3 Å². The van der Waals surface area contributed by atoms with E-state index in [1.165, 1.54) is 7.11 Å². The summed E-state index contributed by atoms with van der Waals surface area (Å²) in [4.78, 5) is 12.3. The molecule has 0 saturated carbocycles. The van der Waals surface area contributed by atoms with Gasteiger partial charge in [-0.25, -0.2) is 0 Å². The highest BCUT2D eigenvalue weighted by molar-refractivity contribution is 6.74. The van der Waals surface area contributed by atoms with E-state index in [0.717, 1.165) is 5.56 Å². The molecular formula is C20H34O3Si. The minimum absolute atomic E-state index is 0.0500. The average Bonchev–Trinajstić information content (AvgIpc) is 2.44. The lowest BCUT2D eigenvalue weighted by Crippen LogP contribution is -2.54. The molecule has 0 N–H and O–H groups in total. The first-order chi connectivity index (χ1) is 10.8. The summed E-state index contributed by atoms with van der Waals surface area (Å²) in [6.45, 7) is 17.5. The number of benzene rings is 1. The largest absolute Gasteiger partial charge is 0.469 e. The van der Waals surface area contributed by atoms with Crippen LogP contribution in [-0.4, -0.2) is 21.4 Å². The molecule has 1 aromatic carbocycles. The maximum absolute atomic E-state index is 12.3. The summed E-state index contributed by atoms with van der Waals surface area (Å²) in [7, 11) is -0.683. The molecule has 136 valence electrons. The Labute approximate surface area is 148 Å². The molecule has 0 amide bonds. The fourth-order valence-corrected chi connectivity index (χ4v) is 4.29. The van der Waals surface area contributed by atoms with Gasteiger partial charge < -0.3 is 9.16 Å². The van der Waals surface area contributed by atoms with Crippen molar-refractivity contribution in [3.63, 3.8) is 0 Å². The van der Waals surface area contributed by atoms with Crippen molar-refractivity contribution in [2.24, 2.45) is 5.41 Å². The van der Waals surface area contributed by atoms with Crippen LogP contribution >= 0.6 is 0 Å². The van der Waals surface area contributed by atoms with E-state index in [2.05, 4.69) is 66.8 Å². The van der Waals surface area contributed by atoms with Crippen LogP contribution in [0.4, 0.5) is 0 Å². The molecule has 1 unspecified atom stereocenters. The molecule has 0 spiro atoms. The van der Waals surface area contributed by atoms with Gasteiger partial charge in [-0.2, -0.15) is 0 Å². The Morgan fingerprint density at radius 1 is 1.00 bits per heavy atom. The van der Waals surface area contributed by atoms with E-state index in [-0.39, 0.29) is 22.8 Å². The van der Waals surface area contributed by atoms with Crippen LogP contribution in [0.5, 0.6) is 0 Å². The molecular weight excluding hydrogens is 316 g/mol. The second-order valence-corrected chi connectivity index (χ2v) is 13.8. The number of hydrogen-bond acceptors (Lipinski definition) is 3. The summed E-state index contributed by atoms with van der Waals surface area (Å²) < 4.78 is 12.0. The molecule has 0 radical (unpaired) electrons. The Kier molecular flexibility index (Phi) is 6.10. The van der Waals surface area contributed by atoms with E-state index in [1.54, 1.807) is 0 Å². The molecule has 3 nitrogen and oxygen atoms in total. The second kappa shape index (κ2) is 7.01. The van der Waals surface area contributed by atoms with E-state index >= 15 is 0 Å². The Morgan fingerprint density at radius 3 is 1.88 bits per heavy atom. The van der Waals surface area contributed by atoms with Gasteiger partial charge >= 0.3 is 5.97 Å². The normalized spacial score (nSPS) is 15.7. The van der Waals surface area contributed by atoms with Crippen molar-refractivity contribution in [1.82, 2.24) is 0 Å². The summed E-state index contributed by atoms with van der Waals surface area (Å²) in [5, 5.41) is 0.0500. The third kappa shape index (κ3) is 4.28. The molecule has 0 aromatic heterocycles. The van der Waals surface area contributed by atoms with Crippen LogP contribution in [0.1, 0.15) is 53.5 Å². The highest BCUT2D eigenvalue weighted by Gasteiger charge is 2.52. The summed E-state index contributed by atoms with van der Waals surface area (Å²) in [6, 6.07) is 10.1. The third-order valence-electron chi connectivity index (χ3n) is 5.31. The lowest BCUT2D eigenvalue weighted by Gasteiger charge is -2.51. The fraction of sp³-hybridized carbons (Fsp3) is 0.650. The van der Waals surface area contributed by atoms with E-state index in [1.807, 2.05) is 18.2 Å². The average molecular weight is 351 g/mol. The van der Waals surface area contributed by atoms with E-state index in [9.17, 15) is 4.79 Å². The van der Waals surface area contributed by atoms with Crippen LogP contribution in [0.25, 0.3) is 0 Å². The van der Waals surface area contributed by atoms with Crippen LogP contribution in [0.2, 0.25) is 18.1 Å². The highest BCUT2D eigenvalue weighted by Crippen LogP contribution is 2.51. The molecule has 1 atom stereocenters. The van der Waals surface area contributed by atoms with Gasteiger partial charge in [-0.15, -0.1) is 0 Å². The van der Waals surface area contributed by atoms with Crippen LogP contribution in [0.3, 0.4) is 0 Å². The minimum Gasteiger partial charge on any atom is -0.469 e. The summed E-state index contributed by atoms with van der Waals surface area (Å²) in [5.41, 5.74) is 0.0512. The fourth-order valence-electron chi connectivity index (χ4n) is 2.62. The van der Waals surface area contributed by atoms with E-state index in [0.29, 0.717) is 0 Å². The lowest BCUT2D eigenvalue weighted by molar-refractivity contribution is -0.151. The van der Waals surface area contributed by atoms with Crippen LogP contribution in [0.15, 0.2) is 30.3 Å². The van der Waals surface area contributed by atoms with Gasteiger partial charge in [0.1, 0.15) is 0 Å². The van der Waals surface area contributed by atoms with Crippen molar-refractivity contribution in [3.8, 4) is 0 Å². The van der Waals surface area contributed by atoms with Crippen molar-refractivity contribution < 1.29 is 14.0 Å². The Bertz CT molecular complexity index is 552. The highest BCUT2D eigenvalue weighted by atomic mass is 28.4. The van der Waals surface area contributed by atoms with Crippen molar-refractivity contribution in [1.29, 1.82) is 0 Å². The smallest absolute Gasteiger partial charge is 0.308 e. The molecule has 0 saturated heterocycles. The van der Waals surface area contributed by atoms with Gasteiger partial charge in [0.15, 0.2) is 8.32 Å². The van der Waals surface area contributed by atoms with E-state index in [4.69, 9.17) is 9.16 Å². The van der Waals surface area contributed by atoms with Gasteiger partial charge in [0, 0.05) is 0 Å². The molecule has 0 aliphatic carbocycles. The predicted octanol–water partition coefficient (Wildman–Crippen LogP) is 5.51. The van der Waals surface area contributed by atoms with Crippen LogP contribution in [-0.2, 0) is 19.6 Å². The number of hydrogen-bond donors (Lipinski definition) is 0. The second-order valence-electron chi connectivity index (χ2n) is 9.06. The first-order valence-electron chi connectivity index (χ1n) is 8.59. The molecule has 0 aliphatic heterocycles. The van der Waals surface area contributed by atoms with Gasteiger partial charge in [0.25, 0.3) is 0 Å². The number of esters is 1. The first-order valence-corrected chi connectivity index (χ1v) is 11.5. The molecule has 24 heavy (non-hydrogen) atoms. The van der Waals surface area contributed by atoms with Crippen molar-refractivity contribution in [2.45, 2.75) is 71.7 Å². The Hall–Kier alpha value is -1.13. The topological polar surface area (TPSA) is 35.5 Å². The van der Waals surface area contributed by atoms with Crippen molar-refractivity contribution in [2.75, 3.05) is 7.11 Å². The Balaban J connectivity index is 3.57. The molecule has 4 heteroatoms. The Morgan fingerprint density at radius 2 is 1.50 bits per heavy atom. The minimum atomic E-state index is -2.12. The number of carbonyl (C=O) groups excluding carboxylic acids is 1. The zero-order valence-corrected chi connectivity index (χ0v) is 17.8. The maximum Gasteiger partial charge on any atom is 0.308 e.